The molecule has 6 heteroatoms. The number of esters is 2. The molecule has 1 N–H and O–H groups in total. The fourth-order valence-corrected chi connectivity index (χ4v) is 0.928. The van der Waals surface area contributed by atoms with Gasteiger partial charge in [0.1, 0.15) is 6.61 Å². The van der Waals surface area contributed by atoms with Crippen molar-refractivity contribution in [3.05, 3.63) is 12.2 Å². The summed E-state index contributed by atoms with van der Waals surface area (Å²) in [5.74, 6) is -0.925. The Bertz CT molecular complexity index is 252. The Morgan fingerprint density at radius 2 is 2.12 bits per heavy atom. The first kappa shape index (κ1) is 14.9. The van der Waals surface area contributed by atoms with Crippen LogP contribution in [0.2, 0.25) is 0 Å². The van der Waals surface area contributed by atoms with E-state index in [1.807, 2.05) is 0 Å². The second kappa shape index (κ2) is 9.18. The van der Waals surface area contributed by atoms with Gasteiger partial charge in [-0.2, -0.15) is 0 Å². The first-order valence-corrected chi connectivity index (χ1v) is 5.36. The van der Waals surface area contributed by atoms with Crippen molar-refractivity contribution in [1.82, 2.24) is 0 Å². The van der Waals surface area contributed by atoms with Gasteiger partial charge in [0, 0.05) is 12.0 Å². The molecule has 1 atom stereocenters. The quantitative estimate of drug-likeness (QED) is 0.408. The van der Waals surface area contributed by atoms with Crippen molar-refractivity contribution in [2.45, 2.75) is 19.4 Å². The third kappa shape index (κ3) is 8.26. The third-order valence-corrected chi connectivity index (χ3v) is 1.65. The molecule has 0 spiro atoms. The average molecular weight is 251 g/mol. The zero-order valence-electron chi connectivity index (χ0n) is 9.02. The lowest BCUT2D eigenvalue weighted by Gasteiger charge is -2.09. The molecule has 0 saturated carbocycles. The summed E-state index contributed by atoms with van der Waals surface area (Å²) in [5.41, 5.74) is 0. The molecule has 0 aliphatic rings. The van der Waals surface area contributed by atoms with Gasteiger partial charge in [-0.1, -0.05) is 6.08 Å². The smallest absolute Gasteiger partial charge is 0.330 e. The number of allylic oxidation sites excluding steroid dienone is 1. The van der Waals surface area contributed by atoms with Crippen molar-refractivity contribution < 1.29 is 24.2 Å². The second-order valence-corrected chi connectivity index (χ2v) is 3.16. The number of halogens is 1. The number of ether oxygens (including phenoxy) is 2. The lowest BCUT2D eigenvalue weighted by atomic mass is 10.3. The lowest BCUT2D eigenvalue weighted by molar-refractivity contribution is -0.149. The van der Waals surface area contributed by atoms with Crippen molar-refractivity contribution in [3.63, 3.8) is 0 Å². The Balaban J connectivity index is 3.72. The highest BCUT2D eigenvalue weighted by molar-refractivity contribution is 6.19. The minimum absolute atomic E-state index is 0.194. The molecule has 0 aliphatic carbocycles. The first-order valence-electron chi connectivity index (χ1n) is 4.83. The molecular weight excluding hydrogens is 236 g/mol. The summed E-state index contributed by atoms with van der Waals surface area (Å²) in [6, 6.07) is 0. The van der Waals surface area contributed by atoms with Crippen LogP contribution in [0.1, 0.15) is 13.3 Å². The van der Waals surface area contributed by atoms with Crippen LogP contribution in [0.15, 0.2) is 12.2 Å². The van der Waals surface area contributed by atoms with E-state index in [-0.39, 0.29) is 25.5 Å². The Hall–Kier alpha value is -1.07. The molecule has 0 fully saturated rings. The van der Waals surface area contributed by atoms with Crippen molar-refractivity contribution in [2.24, 2.45) is 0 Å². The fourth-order valence-electron chi connectivity index (χ4n) is 0.838. The number of hydrogen-bond donors (Lipinski definition) is 1. The van der Waals surface area contributed by atoms with Gasteiger partial charge in [0.05, 0.1) is 19.1 Å². The molecule has 16 heavy (non-hydrogen) atoms. The predicted octanol–water partition coefficient (Wildman–Crippen LogP) is 0.639. The van der Waals surface area contributed by atoms with Gasteiger partial charge in [-0.3, -0.25) is 4.79 Å². The van der Waals surface area contributed by atoms with Crippen LogP contribution >= 0.6 is 11.6 Å². The molecule has 0 bridgehead atoms. The molecule has 0 aromatic heterocycles. The lowest BCUT2D eigenvalue weighted by Crippen LogP contribution is -2.22. The number of alkyl halides is 1. The zero-order valence-corrected chi connectivity index (χ0v) is 9.77. The number of aliphatic hydroxyl groups is 1. The van der Waals surface area contributed by atoms with Gasteiger partial charge in [-0.05, 0) is 6.92 Å². The minimum atomic E-state index is -1.05. The molecular formula is C10H15ClO5. The van der Waals surface area contributed by atoms with Crippen LogP contribution in [0.3, 0.4) is 0 Å². The van der Waals surface area contributed by atoms with E-state index < -0.39 is 18.0 Å². The SMILES string of the molecule is CCOC(=O)CC(O)COC(=O)C=CCCl. The van der Waals surface area contributed by atoms with E-state index in [1.165, 1.54) is 6.08 Å². The second-order valence-electron chi connectivity index (χ2n) is 2.85. The highest BCUT2D eigenvalue weighted by Gasteiger charge is 2.13. The molecule has 0 heterocycles. The van der Waals surface area contributed by atoms with E-state index >= 15 is 0 Å². The summed E-state index contributed by atoms with van der Waals surface area (Å²) in [6.45, 7) is 1.68. The number of rotatable bonds is 7. The maximum absolute atomic E-state index is 10.9. The summed E-state index contributed by atoms with van der Waals surface area (Å²) in [4.78, 5) is 21.8. The van der Waals surface area contributed by atoms with Gasteiger partial charge >= 0.3 is 11.9 Å². The Morgan fingerprint density at radius 1 is 1.44 bits per heavy atom. The number of aliphatic hydroxyl groups excluding tert-OH is 1. The van der Waals surface area contributed by atoms with E-state index in [9.17, 15) is 14.7 Å². The Labute approximate surface area is 99.0 Å². The molecule has 1 unspecified atom stereocenters. The largest absolute Gasteiger partial charge is 0.466 e. The number of carbonyl (C=O) groups is 2. The van der Waals surface area contributed by atoms with Crippen LogP contribution in [0.4, 0.5) is 0 Å². The Morgan fingerprint density at radius 3 is 2.69 bits per heavy atom. The zero-order chi connectivity index (χ0) is 12.4. The molecule has 0 rings (SSSR count). The Kier molecular flexibility index (Phi) is 8.56. The summed E-state index contributed by atoms with van der Waals surface area (Å²) in [7, 11) is 0. The highest BCUT2D eigenvalue weighted by Crippen LogP contribution is 1.96. The molecule has 0 amide bonds. The van der Waals surface area contributed by atoms with E-state index in [4.69, 9.17) is 11.6 Å². The molecule has 0 aromatic carbocycles. The standard InChI is InChI=1S/C10H15ClO5/c1-2-15-10(14)6-8(12)7-16-9(13)4-3-5-11/h3-4,8,12H,2,5-7H2,1H3. The number of carbonyl (C=O) groups excluding carboxylic acids is 2. The van der Waals surface area contributed by atoms with Crippen LogP contribution in [-0.4, -0.2) is 42.2 Å². The normalized spacial score (nSPS) is 12.4. The fraction of sp³-hybridized carbons (Fsp3) is 0.600. The van der Waals surface area contributed by atoms with E-state index in [2.05, 4.69) is 9.47 Å². The van der Waals surface area contributed by atoms with Gasteiger partial charge in [-0.25, -0.2) is 4.79 Å². The molecule has 0 radical (unpaired) electrons. The van der Waals surface area contributed by atoms with Crippen molar-refractivity contribution in [2.75, 3.05) is 19.1 Å². The molecule has 0 aliphatic heterocycles. The highest BCUT2D eigenvalue weighted by atomic mass is 35.5. The summed E-state index contributed by atoms with van der Waals surface area (Å²) in [5, 5.41) is 9.29. The van der Waals surface area contributed by atoms with E-state index in [0.717, 1.165) is 6.08 Å². The van der Waals surface area contributed by atoms with Gasteiger partial charge < -0.3 is 14.6 Å². The van der Waals surface area contributed by atoms with Crippen molar-refractivity contribution in [3.8, 4) is 0 Å². The topological polar surface area (TPSA) is 72.8 Å². The average Bonchev–Trinajstić information content (AvgIpc) is 2.23. The third-order valence-electron chi connectivity index (χ3n) is 1.47. The molecule has 92 valence electrons. The maximum atomic E-state index is 10.9. The number of hydrogen-bond acceptors (Lipinski definition) is 5. The van der Waals surface area contributed by atoms with Gasteiger partial charge in [-0.15, -0.1) is 11.6 Å². The first-order chi connectivity index (χ1) is 7.60. The van der Waals surface area contributed by atoms with Crippen LogP contribution in [0, 0.1) is 0 Å². The van der Waals surface area contributed by atoms with Crippen LogP contribution in [0.5, 0.6) is 0 Å². The molecule has 5 nitrogen and oxygen atoms in total. The minimum Gasteiger partial charge on any atom is -0.466 e. The summed E-state index contributed by atoms with van der Waals surface area (Å²) < 4.78 is 9.26. The van der Waals surface area contributed by atoms with Gasteiger partial charge in [0.2, 0.25) is 0 Å². The van der Waals surface area contributed by atoms with Crippen LogP contribution in [0.25, 0.3) is 0 Å². The predicted molar refractivity (Wildman–Crippen MR) is 58.1 cm³/mol. The van der Waals surface area contributed by atoms with Gasteiger partial charge in [0.15, 0.2) is 0 Å². The van der Waals surface area contributed by atoms with Gasteiger partial charge in [0.25, 0.3) is 0 Å². The van der Waals surface area contributed by atoms with Crippen LogP contribution < -0.4 is 0 Å². The van der Waals surface area contributed by atoms with E-state index in [0.29, 0.717) is 0 Å². The van der Waals surface area contributed by atoms with E-state index in [1.54, 1.807) is 6.92 Å². The van der Waals surface area contributed by atoms with Crippen molar-refractivity contribution >= 4 is 23.5 Å². The summed E-state index contributed by atoms with van der Waals surface area (Å²) >= 11 is 5.31. The molecule has 0 saturated heterocycles. The van der Waals surface area contributed by atoms with Crippen LogP contribution in [-0.2, 0) is 19.1 Å². The maximum Gasteiger partial charge on any atom is 0.330 e. The monoisotopic (exact) mass is 250 g/mol. The molecule has 0 aromatic rings. The summed E-state index contributed by atoms with van der Waals surface area (Å²) in [6.07, 6.45) is 1.33. The van der Waals surface area contributed by atoms with Crippen molar-refractivity contribution in [1.29, 1.82) is 0 Å².